The monoisotopic (exact) mass is 303 g/mol. The summed E-state index contributed by atoms with van der Waals surface area (Å²) in [7, 11) is 0. The Kier molecular flexibility index (Phi) is 6.62. The maximum atomic E-state index is 3.64. The summed E-state index contributed by atoms with van der Waals surface area (Å²) >= 11 is 5.37. The third-order valence-electron chi connectivity index (χ3n) is 2.87. The maximum Gasteiger partial charge on any atom is 0.0314 e. The number of halogens is 1. The van der Waals surface area contributed by atoms with Gasteiger partial charge < -0.3 is 5.32 Å². The van der Waals surface area contributed by atoms with Crippen molar-refractivity contribution < 1.29 is 0 Å². The van der Waals surface area contributed by atoms with Crippen LogP contribution in [0.4, 0.5) is 0 Å². The molecule has 0 aromatic carbocycles. The van der Waals surface area contributed by atoms with Gasteiger partial charge in [0.25, 0.3) is 0 Å². The second-order valence-electron chi connectivity index (χ2n) is 4.59. The Bertz CT molecular complexity index is 296. The molecular formula is C13H22BrNS. The van der Waals surface area contributed by atoms with Crippen LogP contribution >= 0.6 is 27.3 Å². The van der Waals surface area contributed by atoms with Gasteiger partial charge >= 0.3 is 0 Å². The van der Waals surface area contributed by atoms with Crippen molar-refractivity contribution in [3.63, 3.8) is 0 Å². The molecule has 1 N–H and O–H groups in total. The molecule has 0 spiro atoms. The summed E-state index contributed by atoms with van der Waals surface area (Å²) in [6, 6.07) is 0.645. The van der Waals surface area contributed by atoms with Gasteiger partial charge in [-0.05, 0) is 58.6 Å². The predicted molar refractivity (Wildman–Crippen MR) is 77.3 cm³/mol. The standard InChI is InChI=1S/C13H22BrNS/c1-4-7-15-13(10(2)3)6-5-11-8-16-9-12(11)14/h8-10,13,15H,4-7H2,1-3H3. The SMILES string of the molecule is CCCNC(CCc1cscc1Br)C(C)C. The van der Waals surface area contributed by atoms with E-state index in [1.165, 1.54) is 29.3 Å². The molecule has 0 saturated carbocycles. The molecule has 1 heterocycles. The molecule has 0 bridgehead atoms. The molecule has 0 amide bonds. The highest BCUT2D eigenvalue weighted by atomic mass is 79.9. The number of rotatable bonds is 7. The molecule has 0 aliphatic heterocycles. The third-order valence-corrected chi connectivity index (χ3v) is 4.71. The first-order chi connectivity index (χ1) is 7.65. The highest BCUT2D eigenvalue weighted by molar-refractivity contribution is 9.10. The largest absolute Gasteiger partial charge is 0.314 e. The van der Waals surface area contributed by atoms with Crippen LogP contribution in [0.1, 0.15) is 39.2 Å². The second kappa shape index (κ2) is 7.46. The van der Waals surface area contributed by atoms with Crippen molar-refractivity contribution in [2.24, 2.45) is 5.92 Å². The van der Waals surface area contributed by atoms with Crippen LogP contribution in [-0.4, -0.2) is 12.6 Å². The molecule has 16 heavy (non-hydrogen) atoms. The predicted octanol–water partition coefficient (Wildman–Crippen LogP) is 4.47. The van der Waals surface area contributed by atoms with Gasteiger partial charge in [-0.25, -0.2) is 0 Å². The van der Waals surface area contributed by atoms with Gasteiger partial charge in [-0.1, -0.05) is 20.8 Å². The first-order valence-corrected chi connectivity index (χ1v) is 7.82. The van der Waals surface area contributed by atoms with E-state index in [1.807, 2.05) is 0 Å². The fourth-order valence-electron chi connectivity index (χ4n) is 1.80. The molecule has 1 nitrogen and oxygen atoms in total. The van der Waals surface area contributed by atoms with Gasteiger partial charge in [-0.2, -0.15) is 11.3 Å². The summed E-state index contributed by atoms with van der Waals surface area (Å²) in [4.78, 5) is 0. The minimum atomic E-state index is 0.645. The molecule has 0 radical (unpaired) electrons. The third kappa shape index (κ3) is 4.56. The molecule has 0 aliphatic carbocycles. The van der Waals surface area contributed by atoms with E-state index < -0.39 is 0 Å². The first-order valence-electron chi connectivity index (χ1n) is 6.09. The average molecular weight is 304 g/mol. The minimum Gasteiger partial charge on any atom is -0.314 e. The lowest BCUT2D eigenvalue weighted by molar-refractivity contribution is 0.378. The smallest absolute Gasteiger partial charge is 0.0314 e. The molecule has 1 rings (SSSR count). The normalized spacial score (nSPS) is 13.3. The Hall–Kier alpha value is 0.140. The van der Waals surface area contributed by atoms with E-state index in [1.54, 1.807) is 11.3 Å². The number of aryl methyl sites for hydroxylation is 1. The van der Waals surface area contributed by atoms with Crippen molar-refractivity contribution in [1.82, 2.24) is 5.32 Å². The lowest BCUT2D eigenvalue weighted by Crippen LogP contribution is -2.34. The summed E-state index contributed by atoms with van der Waals surface area (Å²) in [5.74, 6) is 0.712. The minimum absolute atomic E-state index is 0.645. The van der Waals surface area contributed by atoms with E-state index in [0.29, 0.717) is 12.0 Å². The van der Waals surface area contributed by atoms with Gasteiger partial charge in [0.1, 0.15) is 0 Å². The van der Waals surface area contributed by atoms with Crippen molar-refractivity contribution in [2.75, 3.05) is 6.54 Å². The molecule has 1 aromatic rings. The Morgan fingerprint density at radius 2 is 2.12 bits per heavy atom. The van der Waals surface area contributed by atoms with E-state index in [4.69, 9.17) is 0 Å². The summed E-state index contributed by atoms with van der Waals surface area (Å²) in [6.45, 7) is 7.96. The lowest BCUT2D eigenvalue weighted by Gasteiger charge is -2.22. The lowest BCUT2D eigenvalue weighted by atomic mass is 9.97. The van der Waals surface area contributed by atoms with Crippen molar-refractivity contribution in [2.45, 2.75) is 46.1 Å². The molecule has 0 fully saturated rings. The fourth-order valence-corrected chi connectivity index (χ4v) is 3.33. The maximum absolute atomic E-state index is 3.64. The number of thiophene rings is 1. The number of nitrogens with one attached hydrogen (secondary N) is 1. The van der Waals surface area contributed by atoms with E-state index in [-0.39, 0.29) is 0 Å². The number of hydrogen-bond donors (Lipinski definition) is 1. The summed E-state index contributed by atoms with van der Waals surface area (Å²) in [6.07, 6.45) is 3.61. The Labute approximate surface area is 112 Å². The van der Waals surface area contributed by atoms with Crippen molar-refractivity contribution in [3.05, 3.63) is 20.8 Å². The quantitative estimate of drug-likeness (QED) is 0.784. The van der Waals surface area contributed by atoms with Crippen molar-refractivity contribution >= 4 is 27.3 Å². The average Bonchev–Trinajstić information content (AvgIpc) is 2.64. The van der Waals surface area contributed by atoms with Crippen LogP contribution in [-0.2, 0) is 6.42 Å². The summed E-state index contributed by atoms with van der Waals surface area (Å²) < 4.78 is 1.27. The Balaban J connectivity index is 2.40. The second-order valence-corrected chi connectivity index (χ2v) is 6.19. The molecular weight excluding hydrogens is 282 g/mol. The Morgan fingerprint density at radius 1 is 1.38 bits per heavy atom. The molecule has 1 aromatic heterocycles. The van der Waals surface area contributed by atoms with E-state index in [0.717, 1.165) is 6.54 Å². The van der Waals surface area contributed by atoms with Crippen LogP contribution in [0.5, 0.6) is 0 Å². The van der Waals surface area contributed by atoms with E-state index >= 15 is 0 Å². The summed E-state index contributed by atoms with van der Waals surface area (Å²) in [5, 5.41) is 8.06. The van der Waals surface area contributed by atoms with Crippen LogP contribution in [0.25, 0.3) is 0 Å². The van der Waals surface area contributed by atoms with Crippen LogP contribution < -0.4 is 5.32 Å². The van der Waals surface area contributed by atoms with Crippen LogP contribution in [0.2, 0.25) is 0 Å². The first kappa shape index (κ1) is 14.2. The molecule has 1 unspecified atom stereocenters. The topological polar surface area (TPSA) is 12.0 Å². The molecule has 92 valence electrons. The zero-order valence-electron chi connectivity index (χ0n) is 10.4. The fraction of sp³-hybridized carbons (Fsp3) is 0.692. The van der Waals surface area contributed by atoms with Crippen molar-refractivity contribution in [1.29, 1.82) is 0 Å². The summed E-state index contributed by atoms with van der Waals surface area (Å²) in [5.41, 5.74) is 1.45. The van der Waals surface area contributed by atoms with E-state index in [9.17, 15) is 0 Å². The van der Waals surface area contributed by atoms with Crippen molar-refractivity contribution in [3.8, 4) is 0 Å². The zero-order chi connectivity index (χ0) is 12.0. The highest BCUT2D eigenvalue weighted by Crippen LogP contribution is 2.23. The van der Waals surface area contributed by atoms with Crippen LogP contribution in [0.15, 0.2) is 15.2 Å². The molecule has 3 heteroatoms. The van der Waals surface area contributed by atoms with Gasteiger partial charge in [0.05, 0.1) is 0 Å². The van der Waals surface area contributed by atoms with Gasteiger partial charge in [-0.15, -0.1) is 0 Å². The van der Waals surface area contributed by atoms with Gasteiger partial charge in [0.2, 0.25) is 0 Å². The molecule has 0 aliphatic rings. The van der Waals surface area contributed by atoms with Gasteiger partial charge in [0.15, 0.2) is 0 Å². The van der Waals surface area contributed by atoms with Crippen LogP contribution in [0.3, 0.4) is 0 Å². The zero-order valence-corrected chi connectivity index (χ0v) is 12.8. The highest BCUT2D eigenvalue weighted by Gasteiger charge is 2.13. The van der Waals surface area contributed by atoms with Gasteiger partial charge in [0, 0.05) is 15.9 Å². The Morgan fingerprint density at radius 3 is 2.62 bits per heavy atom. The molecule has 0 saturated heterocycles. The molecule has 1 atom stereocenters. The van der Waals surface area contributed by atoms with Gasteiger partial charge in [-0.3, -0.25) is 0 Å². The van der Waals surface area contributed by atoms with E-state index in [2.05, 4.69) is 52.8 Å². The van der Waals surface area contributed by atoms with Crippen LogP contribution in [0, 0.1) is 5.92 Å². The number of hydrogen-bond acceptors (Lipinski definition) is 2.